The van der Waals surface area contributed by atoms with Crippen molar-refractivity contribution < 1.29 is 4.39 Å². The van der Waals surface area contributed by atoms with Crippen LogP contribution in [0.15, 0.2) is 17.3 Å². The van der Waals surface area contributed by atoms with Crippen LogP contribution in [0.5, 0.6) is 0 Å². The Morgan fingerprint density at radius 3 is 2.91 bits per heavy atom. The van der Waals surface area contributed by atoms with Gasteiger partial charge in [0.15, 0.2) is 0 Å². The van der Waals surface area contributed by atoms with E-state index in [0.717, 1.165) is 5.69 Å². The summed E-state index contributed by atoms with van der Waals surface area (Å²) in [4.78, 5) is 3.70. The number of nitrogens with zero attached hydrogens (tertiary/aromatic N) is 2. The molecule has 0 radical (unpaired) electrons. The number of aryl methyl sites for hydroxylation is 1. The molecule has 0 fully saturated rings. The number of hydrogen-bond donors (Lipinski definition) is 1. The third kappa shape index (κ3) is 1.80. The topological polar surface area (TPSA) is 29.3 Å². The lowest BCUT2D eigenvalue weighted by Crippen LogP contribution is -2.12. The van der Waals surface area contributed by atoms with Crippen molar-refractivity contribution in [2.24, 2.45) is 4.99 Å². The fourth-order valence-electron chi connectivity index (χ4n) is 0.791. The van der Waals surface area contributed by atoms with Gasteiger partial charge in [0.2, 0.25) is 0 Å². The van der Waals surface area contributed by atoms with Crippen molar-refractivity contribution in [3.63, 3.8) is 0 Å². The molecule has 4 heteroatoms. The van der Waals surface area contributed by atoms with Crippen LogP contribution in [0.25, 0.3) is 0 Å². The largest absolute Gasteiger partial charge is 0.284 e. The molecule has 1 heterocycles. The first kappa shape index (κ1) is 7.78. The van der Waals surface area contributed by atoms with Crippen molar-refractivity contribution in [1.82, 2.24) is 4.68 Å². The Bertz CT molecular complexity index is 265. The van der Waals surface area contributed by atoms with Crippen LogP contribution in [0.4, 0.5) is 4.39 Å². The third-order valence-electron chi connectivity index (χ3n) is 1.31. The van der Waals surface area contributed by atoms with Gasteiger partial charge in [-0.25, -0.2) is 4.39 Å². The molecule has 0 unspecified atom stereocenters. The van der Waals surface area contributed by atoms with Crippen LogP contribution in [0.3, 0.4) is 0 Å². The normalized spacial score (nSPS) is 10.8. The van der Waals surface area contributed by atoms with Gasteiger partial charge in [-0.15, -0.1) is 0 Å². The molecule has 0 aromatic carbocycles. The van der Waals surface area contributed by atoms with Crippen LogP contribution in [0.2, 0.25) is 0 Å². The van der Waals surface area contributed by atoms with Crippen LogP contribution in [-0.2, 0) is 0 Å². The number of rotatable bonds is 2. The van der Waals surface area contributed by atoms with Gasteiger partial charge < -0.3 is 0 Å². The molecule has 1 aromatic heterocycles. The third-order valence-corrected chi connectivity index (χ3v) is 1.31. The number of nitrogens with one attached hydrogen (secondary N) is 1. The van der Waals surface area contributed by atoms with Crippen molar-refractivity contribution in [2.75, 3.05) is 12.5 Å². The van der Waals surface area contributed by atoms with E-state index in [1.807, 2.05) is 0 Å². The molecule has 1 rings (SSSR count). The van der Waals surface area contributed by atoms with Crippen LogP contribution in [-0.4, -0.2) is 18.1 Å². The number of aliphatic imine (C=N–C) groups is 1. The number of halogens is 1. The van der Waals surface area contributed by atoms with Crippen LogP contribution in [0.1, 0.15) is 5.69 Å². The fourth-order valence-corrected chi connectivity index (χ4v) is 0.791. The summed E-state index contributed by atoms with van der Waals surface area (Å²) in [5.74, 6) is -0.250. The first-order valence-electron chi connectivity index (χ1n) is 3.25. The second-order valence-corrected chi connectivity index (χ2v) is 2.19. The summed E-state index contributed by atoms with van der Waals surface area (Å²) in [6, 6.07) is 1.44. The van der Waals surface area contributed by atoms with Gasteiger partial charge in [0.1, 0.15) is 12.2 Å². The van der Waals surface area contributed by atoms with E-state index in [9.17, 15) is 4.39 Å². The van der Waals surface area contributed by atoms with Gasteiger partial charge in [0.05, 0.1) is 6.20 Å². The molecule has 0 aliphatic heterocycles. The molecule has 1 N–H and O–H groups in total. The maximum absolute atomic E-state index is 12.5. The second kappa shape index (κ2) is 3.18. The Morgan fingerprint density at radius 2 is 2.45 bits per heavy atom. The quantitative estimate of drug-likeness (QED) is 0.503. The zero-order valence-electron chi connectivity index (χ0n) is 6.50. The van der Waals surface area contributed by atoms with Gasteiger partial charge in [-0.1, -0.05) is 0 Å². The van der Waals surface area contributed by atoms with E-state index in [-0.39, 0.29) is 5.82 Å². The Kier molecular flexibility index (Phi) is 2.25. The van der Waals surface area contributed by atoms with Crippen LogP contribution < -0.4 is 5.43 Å². The average molecular weight is 155 g/mol. The Balaban J connectivity index is 2.77. The van der Waals surface area contributed by atoms with Crippen LogP contribution in [0, 0.1) is 12.7 Å². The molecule has 60 valence electrons. The maximum atomic E-state index is 12.5. The Morgan fingerprint density at radius 1 is 1.73 bits per heavy atom. The van der Waals surface area contributed by atoms with Crippen molar-refractivity contribution in [3.8, 4) is 0 Å². The van der Waals surface area contributed by atoms with Crippen molar-refractivity contribution in [2.45, 2.75) is 6.92 Å². The lowest BCUT2D eigenvalue weighted by Gasteiger charge is -2.01. The highest BCUT2D eigenvalue weighted by Crippen LogP contribution is 2.02. The first-order chi connectivity index (χ1) is 5.24. The molecule has 0 amide bonds. The fraction of sp³-hybridized carbons (Fsp3) is 0.286. The van der Waals surface area contributed by atoms with Gasteiger partial charge in [-0.3, -0.25) is 15.1 Å². The first-order valence-corrected chi connectivity index (χ1v) is 3.25. The molecule has 0 spiro atoms. The summed E-state index contributed by atoms with van der Waals surface area (Å²) < 4.78 is 14.1. The average Bonchev–Trinajstić information content (AvgIpc) is 2.26. The summed E-state index contributed by atoms with van der Waals surface area (Å²) >= 11 is 0. The minimum absolute atomic E-state index is 0.250. The summed E-state index contributed by atoms with van der Waals surface area (Å²) in [5, 5.41) is 0. The van der Waals surface area contributed by atoms with E-state index in [1.54, 1.807) is 18.6 Å². The minimum Gasteiger partial charge on any atom is -0.284 e. The van der Waals surface area contributed by atoms with Crippen molar-refractivity contribution in [1.29, 1.82) is 0 Å². The monoisotopic (exact) mass is 155 g/mol. The molecule has 0 aliphatic carbocycles. The summed E-state index contributed by atoms with van der Waals surface area (Å²) in [6.45, 7) is 1.81. The molecule has 0 atom stereocenters. The van der Waals surface area contributed by atoms with Crippen molar-refractivity contribution in [3.05, 3.63) is 23.8 Å². The van der Waals surface area contributed by atoms with E-state index in [0.29, 0.717) is 0 Å². The van der Waals surface area contributed by atoms with Gasteiger partial charge >= 0.3 is 0 Å². The van der Waals surface area contributed by atoms with Crippen molar-refractivity contribution >= 4 is 6.34 Å². The molecule has 0 saturated heterocycles. The Labute approximate surface area is 64.5 Å². The van der Waals surface area contributed by atoms with E-state index < -0.39 is 0 Å². The van der Waals surface area contributed by atoms with E-state index in [4.69, 9.17) is 0 Å². The molecular weight excluding hydrogens is 145 g/mol. The number of aromatic nitrogens is 1. The van der Waals surface area contributed by atoms with Crippen LogP contribution >= 0.6 is 0 Å². The molecular formula is C7H10FN3. The van der Waals surface area contributed by atoms with Gasteiger partial charge in [0, 0.05) is 12.7 Å². The summed E-state index contributed by atoms with van der Waals surface area (Å²) in [6.07, 6.45) is 2.85. The zero-order valence-corrected chi connectivity index (χ0v) is 6.50. The standard InChI is InChI=1S/C7H10FN3/c1-6-3-7(8)4-11(6)10-5-9-2/h3-5H,1-2H3,(H,9,10). The smallest absolute Gasteiger partial charge is 0.143 e. The van der Waals surface area contributed by atoms with Gasteiger partial charge in [-0.05, 0) is 13.0 Å². The predicted molar refractivity (Wildman–Crippen MR) is 42.9 cm³/mol. The molecule has 0 bridgehead atoms. The second-order valence-electron chi connectivity index (χ2n) is 2.19. The Hall–Kier alpha value is -1.32. The van der Waals surface area contributed by atoms with Gasteiger partial charge in [0.25, 0.3) is 0 Å². The highest BCUT2D eigenvalue weighted by molar-refractivity contribution is 5.63. The molecule has 11 heavy (non-hydrogen) atoms. The minimum atomic E-state index is -0.250. The van der Waals surface area contributed by atoms with E-state index >= 15 is 0 Å². The summed E-state index contributed by atoms with van der Waals surface area (Å²) in [7, 11) is 1.64. The zero-order chi connectivity index (χ0) is 8.27. The van der Waals surface area contributed by atoms with Gasteiger partial charge in [-0.2, -0.15) is 0 Å². The number of hydrogen-bond acceptors (Lipinski definition) is 1. The molecule has 3 nitrogen and oxygen atoms in total. The lowest BCUT2D eigenvalue weighted by molar-refractivity contribution is 0.626. The molecule has 0 aliphatic rings. The maximum Gasteiger partial charge on any atom is 0.143 e. The predicted octanol–water partition coefficient (Wildman–Crippen LogP) is 1.14. The van der Waals surface area contributed by atoms with E-state index in [2.05, 4.69) is 10.4 Å². The summed E-state index contributed by atoms with van der Waals surface area (Å²) in [5.41, 5.74) is 3.58. The SMILES string of the molecule is CN=CNn1cc(F)cc1C. The highest BCUT2D eigenvalue weighted by Gasteiger charge is 1.97. The highest BCUT2D eigenvalue weighted by atomic mass is 19.1. The van der Waals surface area contributed by atoms with E-state index in [1.165, 1.54) is 18.6 Å². The molecule has 0 saturated carbocycles. The lowest BCUT2D eigenvalue weighted by atomic mass is 10.5. The molecule has 1 aromatic rings.